The number of imide groups is 1. The summed E-state index contributed by atoms with van der Waals surface area (Å²) in [5.41, 5.74) is 1.45. The van der Waals surface area contributed by atoms with Crippen LogP contribution in [0, 0.1) is 0 Å². The highest BCUT2D eigenvalue weighted by atomic mass is 31.0. The van der Waals surface area contributed by atoms with Crippen LogP contribution in [0.3, 0.4) is 0 Å². The van der Waals surface area contributed by atoms with Crippen molar-refractivity contribution < 1.29 is 19.1 Å². The van der Waals surface area contributed by atoms with Gasteiger partial charge in [0, 0.05) is 31.6 Å². The van der Waals surface area contributed by atoms with Gasteiger partial charge in [0.25, 0.3) is 11.8 Å². The van der Waals surface area contributed by atoms with Gasteiger partial charge >= 0.3 is 0 Å². The zero-order valence-corrected chi connectivity index (χ0v) is 18.6. The molecule has 0 aromatic heterocycles. The van der Waals surface area contributed by atoms with Crippen LogP contribution in [0.1, 0.15) is 49.0 Å². The van der Waals surface area contributed by atoms with Gasteiger partial charge in [-0.2, -0.15) is 0 Å². The molecule has 2 heterocycles. The van der Waals surface area contributed by atoms with E-state index in [1.54, 1.807) is 17.0 Å². The number of rotatable bonds is 7. The largest absolute Gasteiger partial charge is 0.489 e. The number of amides is 3. The van der Waals surface area contributed by atoms with E-state index in [0.717, 1.165) is 29.7 Å². The lowest BCUT2D eigenvalue weighted by molar-refractivity contribution is -0.145. The molecule has 0 saturated carbocycles. The summed E-state index contributed by atoms with van der Waals surface area (Å²) in [4.78, 5) is 38.5. The molecule has 3 unspecified atom stereocenters. The fraction of sp³-hybridized carbons (Fsp3) is 0.526. The maximum atomic E-state index is 12.8. The molecular weight excluding hydrogens is 396 g/mol. The summed E-state index contributed by atoms with van der Waals surface area (Å²) in [7, 11) is 4.87. The van der Waals surface area contributed by atoms with Gasteiger partial charge in [0.1, 0.15) is 17.9 Å². The standard InChI is InChI=1S/C19H27N3O4P2/c1-3-8-20(27)10-12(2)26-14-4-5-15-13(9-14)11-21(18(15)24)16-6-7-17(23)22(28)19(16)25/h4-5,9,12,16H,3,6-8,10-11,27-28H2,1-2H3/t12-,16?/m0/s1. The average molecular weight is 423 g/mol. The van der Waals surface area contributed by atoms with Crippen molar-refractivity contribution >= 4 is 36.5 Å². The highest BCUT2D eigenvalue weighted by Crippen LogP contribution is 2.32. The predicted molar refractivity (Wildman–Crippen MR) is 113 cm³/mol. The van der Waals surface area contributed by atoms with Gasteiger partial charge in [-0.1, -0.05) is 16.3 Å². The van der Waals surface area contributed by atoms with Crippen molar-refractivity contribution in [1.82, 2.24) is 14.2 Å². The lowest BCUT2D eigenvalue weighted by Crippen LogP contribution is -2.51. The van der Waals surface area contributed by atoms with E-state index in [0.29, 0.717) is 24.3 Å². The Kier molecular flexibility index (Phi) is 6.69. The SMILES string of the molecule is CCCN(P)C[C@H](C)Oc1ccc2c(c1)CN(C1CCC(=O)N(P)C1=O)C2=O. The number of hydrogen-bond donors (Lipinski definition) is 0. The van der Waals surface area contributed by atoms with Crippen LogP contribution < -0.4 is 4.74 Å². The van der Waals surface area contributed by atoms with Crippen LogP contribution in [0.5, 0.6) is 5.75 Å². The molecule has 9 heteroatoms. The molecule has 0 N–H and O–H groups in total. The quantitative estimate of drug-likeness (QED) is 0.497. The Morgan fingerprint density at radius 3 is 2.79 bits per heavy atom. The number of nitrogens with zero attached hydrogens (tertiary/aromatic N) is 3. The van der Waals surface area contributed by atoms with E-state index in [9.17, 15) is 14.4 Å². The smallest absolute Gasteiger partial charge is 0.255 e. The molecular formula is C19H27N3O4P2. The first-order valence-corrected chi connectivity index (χ1v) is 10.6. The molecule has 3 rings (SSSR count). The second-order valence-corrected chi connectivity index (χ2v) is 8.58. The molecule has 3 amide bonds. The van der Waals surface area contributed by atoms with Crippen LogP contribution in [0.4, 0.5) is 0 Å². The first kappa shape index (κ1) is 21.2. The molecule has 2 aliphatic rings. The summed E-state index contributed by atoms with van der Waals surface area (Å²) in [5, 5.41) is 0. The summed E-state index contributed by atoms with van der Waals surface area (Å²) >= 11 is 0. The molecule has 1 aromatic carbocycles. The topological polar surface area (TPSA) is 70.2 Å². The number of fused-ring (bicyclic) bond motifs is 1. The van der Waals surface area contributed by atoms with E-state index in [-0.39, 0.29) is 30.2 Å². The van der Waals surface area contributed by atoms with Crippen molar-refractivity contribution in [3.8, 4) is 5.75 Å². The maximum Gasteiger partial charge on any atom is 0.255 e. The zero-order valence-electron chi connectivity index (χ0n) is 16.3. The molecule has 0 spiro atoms. The molecule has 7 nitrogen and oxygen atoms in total. The van der Waals surface area contributed by atoms with E-state index in [1.165, 1.54) is 0 Å². The maximum absolute atomic E-state index is 12.8. The highest BCUT2D eigenvalue weighted by molar-refractivity contribution is 7.16. The van der Waals surface area contributed by atoms with Gasteiger partial charge in [0.15, 0.2) is 0 Å². The van der Waals surface area contributed by atoms with Crippen LogP contribution in [-0.2, 0) is 16.1 Å². The Labute approximate surface area is 170 Å². The van der Waals surface area contributed by atoms with Crippen LogP contribution in [0.2, 0.25) is 0 Å². The van der Waals surface area contributed by atoms with Gasteiger partial charge in [-0.15, -0.1) is 0 Å². The average Bonchev–Trinajstić information content (AvgIpc) is 2.96. The highest BCUT2D eigenvalue weighted by Gasteiger charge is 2.41. The molecule has 0 bridgehead atoms. The van der Waals surface area contributed by atoms with Gasteiger partial charge in [0.2, 0.25) is 5.91 Å². The third-order valence-corrected chi connectivity index (χ3v) is 6.06. The monoisotopic (exact) mass is 423 g/mol. The van der Waals surface area contributed by atoms with Crippen molar-refractivity contribution in [3.63, 3.8) is 0 Å². The molecule has 28 heavy (non-hydrogen) atoms. The van der Waals surface area contributed by atoms with E-state index < -0.39 is 6.04 Å². The second kappa shape index (κ2) is 8.86. The number of benzene rings is 1. The summed E-state index contributed by atoms with van der Waals surface area (Å²) < 4.78 is 9.21. The predicted octanol–water partition coefficient (Wildman–Crippen LogP) is 2.22. The number of carbonyl (C=O) groups excluding carboxylic acids is 3. The molecule has 0 radical (unpaired) electrons. The molecule has 152 valence electrons. The summed E-state index contributed by atoms with van der Waals surface area (Å²) in [6, 6.07) is 4.85. The summed E-state index contributed by atoms with van der Waals surface area (Å²) in [6.45, 7) is 6.28. The minimum absolute atomic E-state index is 0.00640. The summed E-state index contributed by atoms with van der Waals surface area (Å²) in [5.74, 6) is -0.0244. The molecule has 1 aromatic rings. The van der Waals surface area contributed by atoms with Crippen LogP contribution >= 0.6 is 18.8 Å². The van der Waals surface area contributed by atoms with E-state index in [4.69, 9.17) is 4.74 Å². The van der Waals surface area contributed by atoms with E-state index >= 15 is 0 Å². The lowest BCUT2D eigenvalue weighted by Gasteiger charge is -2.33. The fourth-order valence-electron chi connectivity index (χ4n) is 3.70. The Morgan fingerprint density at radius 1 is 1.32 bits per heavy atom. The lowest BCUT2D eigenvalue weighted by atomic mass is 10.0. The van der Waals surface area contributed by atoms with Gasteiger partial charge in [-0.25, -0.2) is 0 Å². The van der Waals surface area contributed by atoms with Crippen molar-refractivity contribution in [2.75, 3.05) is 13.1 Å². The first-order valence-electron chi connectivity index (χ1n) is 9.53. The normalized spacial score (nSPS) is 20.8. The van der Waals surface area contributed by atoms with Crippen molar-refractivity contribution in [2.45, 2.75) is 51.8 Å². The van der Waals surface area contributed by atoms with Crippen molar-refractivity contribution in [2.24, 2.45) is 0 Å². The molecule has 2 aliphatic heterocycles. The van der Waals surface area contributed by atoms with Gasteiger partial charge in [-0.05, 0) is 52.9 Å². The molecule has 4 atom stereocenters. The van der Waals surface area contributed by atoms with Crippen LogP contribution in [0.15, 0.2) is 18.2 Å². The minimum Gasteiger partial charge on any atom is -0.489 e. The number of carbonyl (C=O) groups is 3. The van der Waals surface area contributed by atoms with Crippen LogP contribution in [-0.4, -0.2) is 57.2 Å². The Bertz CT molecular complexity index is 788. The Morgan fingerprint density at radius 2 is 2.07 bits per heavy atom. The molecule has 0 aliphatic carbocycles. The first-order chi connectivity index (χ1) is 13.3. The van der Waals surface area contributed by atoms with E-state index in [1.807, 2.05) is 13.0 Å². The minimum atomic E-state index is -0.599. The number of piperidine rings is 1. The Balaban J connectivity index is 1.69. The van der Waals surface area contributed by atoms with Gasteiger partial charge in [-0.3, -0.25) is 23.7 Å². The van der Waals surface area contributed by atoms with Crippen LogP contribution in [0.25, 0.3) is 0 Å². The molecule has 1 saturated heterocycles. The zero-order chi connectivity index (χ0) is 20.4. The molecule has 1 fully saturated rings. The van der Waals surface area contributed by atoms with Gasteiger partial charge < -0.3 is 9.64 Å². The number of ether oxygens (including phenoxy) is 1. The number of hydrogen-bond acceptors (Lipinski definition) is 5. The van der Waals surface area contributed by atoms with Crippen molar-refractivity contribution in [3.05, 3.63) is 29.3 Å². The van der Waals surface area contributed by atoms with E-state index in [2.05, 4.69) is 30.4 Å². The third-order valence-electron chi connectivity index (χ3n) is 5.05. The summed E-state index contributed by atoms with van der Waals surface area (Å²) in [6.07, 6.45) is 1.71. The van der Waals surface area contributed by atoms with Gasteiger partial charge in [0.05, 0.1) is 0 Å². The third kappa shape index (κ3) is 4.37. The Hall–Kier alpha value is -1.55. The second-order valence-electron chi connectivity index (χ2n) is 7.33. The fourth-order valence-corrected chi connectivity index (χ4v) is 4.56. The van der Waals surface area contributed by atoms with Crippen molar-refractivity contribution in [1.29, 1.82) is 0 Å².